The standard InChI is InChI=1S/C23H21ClN2O5/c1-3-30-20(27)18-16-12-31-17-10-5-4-9-15(17)19(16)26-22(29)25(21(28)23(18,26)2)14-8-6-7-13(24)11-14/h4-11,16,18-19H,3,12H2,1-2H3/t16?,18?,19?,23-/m0/s1. The molecule has 160 valence electrons. The minimum Gasteiger partial charge on any atom is -0.493 e. The summed E-state index contributed by atoms with van der Waals surface area (Å²) in [5, 5.41) is 0.409. The molecule has 2 fully saturated rings. The van der Waals surface area contributed by atoms with Crippen LogP contribution in [0.2, 0.25) is 5.02 Å². The second-order valence-corrected chi connectivity index (χ2v) is 8.54. The summed E-state index contributed by atoms with van der Waals surface area (Å²) in [4.78, 5) is 43.2. The van der Waals surface area contributed by atoms with Crippen molar-refractivity contribution in [3.8, 4) is 5.75 Å². The van der Waals surface area contributed by atoms with E-state index in [1.165, 1.54) is 0 Å². The molecule has 2 saturated heterocycles. The molecule has 3 aliphatic heterocycles. The Balaban J connectivity index is 1.69. The summed E-state index contributed by atoms with van der Waals surface area (Å²) in [5.74, 6) is -1.57. The monoisotopic (exact) mass is 440 g/mol. The number of anilines is 1. The largest absolute Gasteiger partial charge is 0.493 e. The van der Waals surface area contributed by atoms with Crippen LogP contribution in [0, 0.1) is 11.8 Å². The molecule has 0 saturated carbocycles. The number of carbonyl (C=O) groups excluding carboxylic acids is 3. The van der Waals surface area contributed by atoms with Crippen molar-refractivity contribution in [2.24, 2.45) is 11.8 Å². The first-order valence-corrected chi connectivity index (χ1v) is 10.6. The van der Waals surface area contributed by atoms with Gasteiger partial charge in [-0.25, -0.2) is 9.69 Å². The molecule has 31 heavy (non-hydrogen) atoms. The lowest BCUT2D eigenvalue weighted by Crippen LogP contribution is -2.51. The van der Waals surface area contributed by atoms with Crippen LogP contribution < -0.4 is 9.64 Å². The van der Waals surface area contributed by atoms with Crippen LogP contribution in [0.25, 0.3) is 0 Å². The van der Waals surface area contributed by atoms with Crippen LogP contribution in [0.3, 0.4) is 0 Å². The zero-order valence-corrected chi connectivity index (χ0v) is 17.8. The lowest BCUT2D eigenvalue weighted by molar-refractivity contribution is -0.154. The van der Waals surface area contributed by atoms with E-state index in [1.807, 2.05) is 24.3 Å². The first-order valence-electron chi connectivity index (χ1n) is 10.2. The van der Waals surface area contributed by atoms with Crippen LogP contribution in [-0.4, -0.2) is 41.6 Å². The minimum atomic E-state index is -1.40. The number of urea groups is 1. The number of hydrogen-bond acceptors (Lipinski definition) is 5. The molecule has 0 bridgehead atoms. The number of benzene rings is 2. The highest BCUT2D eigenvalue weighted by atomic mass is 35.5. The fourth-order valence-electron chi connectivity index (χ4n) is 5.28. The van der Waals surface area contributed by atoms with Crippen LogP contribution in [0.5, 0.6) is 5.75 Å². The summed E-state index contributed by atoms with van der Waals surface area (Å²) >= 11 is 6.12. The number of rotatable bonds is 3. The van der Waals surface area contributed by atoms with Gasteiger partial charge >= 0.3 is 12.0 Å². The summed E-state index contributed by atoms with van der Waals surface area (Å²) in [7, 11) is 0. The fourth-order valence-corrected chi connectivity index (χ4v) is 5.47. The molecule has 3 heterocycles. The van der Waals surface area contributed by atoms with Gasteiger partial charge in [0.15, 0.2) is 0 Å². The topological polar surface area (TPSA) is 76.2 Å². The van der Waals surface area contributed by atoms with Crippen molar-refractivity contribution in [1.29, 1.82) is 0 Å². The van der Waals surface area contributed by atoms with Gasteiger partial charge in [-0.05, 0) is 38.1 Å². The van der Waals surface area contributed by atoms with E-state index in [0.717, 1.165) is 10.5 Å². The van der Waals surface area contributed by atoms with Crippen LogP contribution in [-0.2, 0) is 14.3 Å². The first-order chi connectivity index (χ1) is 14.9. The smallest absolute Gasteiger partial charge is 0.332 e. The maximum atomic E-state index is 13.8. The minimum absolute atomic E-state index is 0.181. The number of nitrogens with zero attached hydrogens (tertiary/aromatic N) is 2. The molecule has 2 aromatic rings. The Hall–Kier alpha value is -3.06. The number of imide groups is 1. The Labute approximate surface area is 184 Å². The normalized spacial score (nSPS) is 28.7. The maximum Gasteiger partial charge on any atom is 0.332 e. The summed E-state index contributed by atoms with van der Waals surface area (Å²) in [6.07, 6.45) is 0. The van der Waals surface area contributed by atoms with E-state index < -0.39 is 41.3 Å². The van der Waals surface area contributed by atoms with Crippen LogP contribution in [0.1, 0.15) is 25.5 Å². The van der Waals surface area contributed by atoms with Crippen molar-refractivity contribution in [3.05, 3.63) is 59.1 Å². The van der Waals surface area contributed by atoms with E-state index >= 15 is 0 Å². The summed E-state index contributed by atoms with van der Waals surface area (Å²) in [6, 6.07) is 13.0. The third-order valence-corrected chi connectivity index (χ3v) is 6.76. The molecule has 7 nitrogen and oxygen atoms in total. The molecule has 0 radical (unpaired) electrons. The molecule has 0 aromatic heterocycles. The number of ether oxygens (including phenoxy) is 2. The number of amides is 3. The molecule has 0 spiro atoms. The zero-order valence-electron chi connectivity index (χ0n) is 17.1. The van der Waals surface area contributed by atoms with Crippen LogP contribution in [0.15, 0.2) is 48.5 Å². The van der Waals surface area contributed by atoms with Gasteiger partial charge < -0.3 is 14.4 Å². The molecule has 3 aliphatic rings. The number of para-hydroxylation sites is 1. The van der Waals surface area contributed by atoms with E-state index in [1.54, 1.807) is 43.0 Å². The van der Waals surface area contributed by atoms with E-state index in [2.05, 4.69) is 0 Å². The van der Waals surface area contributed by atoms with E-state index in [4.69, 9.17) is 21.1 Å². The Morgan fingerprint density at radius 1 is 1.23 bits per heavy atom. The van der Waals surface area contributed by atoms with Gasteiger partial charge in [0, 0.05) is 16.5 Å². The predicted octanol–water partition coefficient (Wildman–Crippen LogP) is 3.81. The van der Waals surface area contributed by atoms with Crippen molar-refractivity contribution < 1.29 is 23.9 Å². The predicted molar refractivity (Wildman–Crippen MR) is 113 cm³/mol. The van der Waals surface area contributed by atoms with Gasteiger partial charge in [0.25, 0.3) is 5.91 Å². The molecule has 3 amide bonds. The van der Waals surface area contributed by atoms with E-state index in [0.29, 0.717) is 16.5 Å². The third kappa shape index (κ3) is 2.62. The molecule has 0 aliphatic carbocycles. The van der Waals surface area contributed by atoms with Gasteiger partial charge in [-0.3, -0.25) is 9.59 Å². The molecular formula is C23H21ClN2O5. The number of halogens is 1. The highest BCUT2D eigenvalue weighted by Crippen LogP contribution is 2.58. The Morgan fingerprint density at radius 3 is 2.74 bits per heavy atom. The van der Waals surface area contributed by atoms with E-state index in [-0.39, 0.29) is 13.2 Å². The molecule has 5 rings (SSSR count). The SMILES string of the molecule is CCOC(=O)C1C2COc3ccccc3C2N2C(=O)N(c3cccc(Cl)c3)C(=O)[C@]12C. The number of hydrogen-bond donors (Lipinski definition) is 0. The van der Waals surface area contributed by atoms with Gasteiger partial charge in [-0.15, -0.1) is 0 Å². The Morgan fingerprint density at radius 2 is 2.00 bits per heavy atom. The Bertz CT molecular complexity index is 1100. The van der Waals surface area contributed by atoms with Crippen molar-refractivity contribution in [2.45, 2.75) is 25.4 Å². The lowest BCUT2D eigenvalue weighted by atomic mass is 9.77. The molecule has 4 atom stereocenters. The van der Waals surface area contributed by atoms with Gasteiger partial charge in [0.2, 0.25) is 0 Å². The molecule has 0 N–H and O–H groups in total. The lowest BCUT2D eigenvalue weighted by Gasteiger charge is -2.34. The van der Waals surface area contributed by atoms with Crippen LogP contribution in [0.4, 0.5) is 10.5 Å². The quantitative estimate of drug-likeness (QED) is 0.536. The summed E-state index contributed by atoms with van der Waals surface area (Å²) < 4.78 is 11.3. The average molecular weight is 441 g/mol. The number of carbonyl (C=O) groups is 3. The van der Waals surface area contributed by atoms with Crippen molar-refractivity contribution in [1.82, 2.24) is 4.90 Å². The van der Waals surface area contributed by atoms with Gasteiger partial charge in [0.05, 0.1) is 30.9 Å². The van der Waals surface area contributed by atoms with Gasteiger partial charge in [-0.1, -0.05) is 35.9 Å². The number of esters is 1. The first kappa shape index (κ1) is 19.9. The van der Waals surface area contributed by atoms with E-state index in [9.17, 15) is 14.4 Å². The second-order valence-electron chi connectivity index (χ2n) is 8.11. The summed E-state index contributed by atoms with van der Waals surface area (Å²) in [6.45, 7) is 3.77. The fraction of sp³-hybridized carbons (Fsp3) is 0.348. The molecule has 2 aromatic carbocycles. The number of fused-ring (bicyclic) bond motifs is 5. The molecule has 8 heteroatoms. The van der Waals surface area contributed by atoms with Crippen molar-refractivity contribution in [2.75, 3.05) is 18.1 Å². The second kappa shape index (κ2) is 6.99. The zero-order chi connectivity index (χ0) is 21.9. The summed E-state index contributed by atoms with van der Waals surface area (Å²) in [5.41, 5.74) is -0.245. The van der Waals surface area contributed by atoms with Crippen molar-refractivity contribution in [3.63, 3.8) is 0 Å². The Kier molecular flexibility index (Phi) is 4.48. The molecule has 3 unspecified atom stereocenters. The average Bonchev–Trinajstić information content (AvgIpc) is 3.13. The third-order valence-electron chi connectivity index (χ3n) is 6.53. The van der Waals surface area contributed by atoms with Gasteiger partial charge in [-0.2, -0.15) is 0 Å². The highest BCUT2D eigenvalue weighted by molar-refractivity contribution is 6.31. The van der Waals surface area contributed by atoms with Crippen LogP contribution >= 0.6 is 11.6 Å². The maximum absolute atomic E-state index is 13.8. The highest BCUT2D eigenvalue weighted by Gasteiger charge is 2.72. The molecular weight excluding hydrogens is 420 g/mol. The van der Waals surface area contributed by atoms with Crippen molar-refractivity contribution >= 4 is 35.2 Å². The van der Waals surface area contributed by atoms with Gasteiger partial charge in [0.1, 0.15) is 11.3 Å².